The zero-order valence-electron chi connectivity index (χ0n) is 10.9. The molecule has 1 aromatic rings. The van der Waals surface area contributed by atoms with Crippen LogP contribution in [0.1, 0.15) is 12.8 Å². The molecule has 0 aliphatic carbocycles. The molecule has 19 heavy (non-hydrogen) atoms. The van der Waals surface area contributed by atoms with Gasteiger partial charge in [0.15, 0.2) is 11.5 Å². The molecule has 0 radical (unpaired) electrons. The van der Waals surface area contributed by atoms with Gasteiger partial charge < -0.3 is 14.8 Å². The molecule has 0 saturated carbocycles. The second-order valence-electron chi connectivity index (χ2n) is 4.60. The van der Waals surface area contributed by atoms with Crippen molar-refractivity contribution in [3.63, 3.8) is 0 Å². The summed E-state index contributed by atoms with van der Waals surface area (Å²) in [7, 11) is 1.53. The molecule has 1 fully saturated rings. The number of piperidine rings is 1. The monoisotopic (exact) mass is 266 g/mol. The highest BCUT2D eigenvalue weighted by Crippen LogP contribution is 2.31. The molecule has 1 heterocycles. The molecule has 1 aliphatic rings. The summed E-state index contributed by atoms with van der Waals surface area (Å²) < 4.78 is 10.9. The van der Waals surface area contributed by atoms with Gasteiger partial charge in [0.1, 0.15) is 0 Å². The molecular formula is C13H18N2O4. The number of benzene rings is 1. The quantitative estimate of drug-likeness (QED) is 0.651. The standard InChI is InChI=1S/C13H18N2O4/c1-18-12-3-2-11(15(16)17)8-13(12)19-9-10-4-6-14-7-5-10/h2-3,8,10,14H,4-7,9H2,1H3. The number of nitro groups is 1. The van der Waals surface area contributed by atoms with Crippen molar-refractivity contribution in [2.24, 2.45) is 5.92 Å². The van der Waals surface area contributed by atoms with Crippen LogP contribution in [-0.2, 0) is 0 Å². The van der Waals surface area contributed by atoms with E-state index in [-0.39, 0.29) is 5.69 Å². The SMILES string of the molecule is COc1ccc([N+](=O)[O-])cc1OCC1CCNCC1. The fourth-order valence-corrected chi connectivity index (χ4v) is 2.15. The van der Waals surface area contributed by atoms with Gasteiger partial charge in [-0.3, -0.25) is 10.1 Å². The molecule has 1 aliphatic heterocycles. The molecule has 2 rings (SSSR count). The van der Waals surface area contributed by atoms with E-state index in [2.05, 4.69) is 5.32 Å². The predicted octanol–water partition coefficient (Wildman–Crippen LogP) is 1.98. The molecule has 0 unspecified atom stereocenters. The van der Waals surface area contributed by atoms with Crippen LogP contribution in [0.2, 0.25) is 0 Å². The minimum Gasteiger partial charge on any atom is -0.493 e. The van der Waals surface area contributed by atoms with Crippen molar-refractivity contribution < 1.29 is 14.4 Å². The molecule has 1 N–H and O–H groups in total. The van der Waals surface area contributed by atoms with Gasteiger partial charge in [-0.05, 0) is 37.9 Å². The second kappa shape index (κ2) is 6.38. The molecule has 1 saturated heterocycles. The molecule has 104 valence electrons. The lowest BCUT2D eigenvalue weighted by molar-refractivity contribution is -0.385. The lowest BCUT2D eigenvalue weighted by atomic mass is 9.99. The molecule has 6 heteroatoms. The normalized spacial score (nSPS) is 16.1. The van der Waals surface area contributed by atoms with Crippen LogP contribution in [0, 0.1) is 16.0 Å². The lowest BCUT2D eigenvalue weighted by Crippen LogP contribution is -2.30. The van der Waals surface area contributed by atoms with Gasteiger partial charge in [0.25, 0.3) is 5.69 Å². The number of ether oxygens (including phenoxy) is 2. The lowest BCUT2D eigenvalue weighted by Gasteiger charge is -2.23. The van der Waals surface area contributed by atoms with Crippen molar-refractivity contribution in [2.45, 2.75) is 12.8 Å². The van der Waals surface area contributed by atoms with E-state index >= 15 is 0 Å². The Morgan fingerprint density at radius 1 is 1.37 bits per heavy atom. The van der Waals surface area contributed by atoms with Crippen molar-refractivity contribution >= 4 is 5.69 Å². The summed E-state index contributed by atoms with van der Waals surface area (Å²) in [5, 5.41) is 14.0. The third-order valence-electron chi connectivity index (χ3n) is 3.29. The van der Waals surface area contributed by atoms with Gasteiger partial charge in [-0.2, -0.15) is 0 Å². The number of nitro benzene ring substituents is 1. The summed E-state index contributed by atoms with van der Waals surface area (Å²) >= 11 is 0. The average Bonchev–Trinajstić information content (AvgIpc) is 2.45. The Labute approximate surface area is 111 Å². The number of methoxy groups -OCH3 is 1. The number of non-ortho nitro benzene ring substituents is 1. The van der Waals surface area contributed by atoms with Gasteiger partial charge in [-0.25, -0.2) is 0 Å². The molecule has 0 spiro atoms. The van der Waals surface area contributed by atoms with Crippen molar-refractivity contribution in [1.82, 2.24) is 5.32 Å². The number of hydrogen-bond donors (Lipinski definition) is 1. The fraction of sp³-hybridized carbons (Fsp3) is 0.538. The van der Waals surface area contributed by atoms with E-state index in [0.29, 0.717) is 24.0 Å². The maximum Gasteiger partial charge on any atom is 0.273 e. The van der Waals surface area contributed by atoms with Gasteiger partial charge >= 0.3 is 0 Å². The first-order valence-electron chi connectivity index (χ1n) is 6.36. The third kappa shape index (κ3) is 3.57. The summed E-state index contributed by atoms with van der Waals surface area (Å²) in [4.78, 5) is 10.3. The highest BCUT2D eigenvalue weighted by atomic mass is 16.6. The van der Waals surface area contributed by atoms with Crippen LogP contribution in [-0.4, -0.2) is 31.7 Å². The summed E-state index contributed by atoms with van der Waals surface area (Å²) in [5.41, 5.74) is 0.0149. The van der Waals surface area contributed by atoms with Crippen LogP contribution in [0.5, 0.6) is 11.5 Å². The van der Waals surface area contributed by atoms with Crippen LogP contribution in [0.3, 0.4) is 0 Å². The minimum absolute atomic E-state index is 0.0149. The molecule has 6 nitrogen and oxygen atoms in total. The van der Waals surface area contributed by atoms with Crippen molar-refractivity contribution in [2.75, 3.05) is 26.8 Å². The van der Waals surface area contributed by atoms with E-state index in [1.54, 1.807) is 6.07 Å². The molecular weight excluding hydrogens is 248 g/mol. The Morgan fingerprint density at radius 3 is 2.74 bits per heavy atom. The maximum absolute atomic E-state index is 10.8. The van der Waals surface area contributed by atoms with Crippen molar-refractivity contribution in [1.29, 1.82) is 0 Å². The number of nitrogens with one attached hydrogen (secondary N) is 1. The Bertz CT molecular complexity index is 444. The first kappa shape index (κ1) is 13.6. The molecule has 0 atom stereocenters. The van der Waals surface area contributed by atoms with Crippen LogP contribution in [0.25, 0.3) is 0 Å². The Balaban J connectivity index is 2.04. The number of nitrogens with zero attached hydrogens (tertiary/aromatic N) is 1. The Kier molecular flexibility index (Phi) is 4.57. The zero-order valence-corrected chi connectivity index (χ0v) is 10.9. The number of rotatable bonds is 5. The van der Waals surface area contributed by atoms with E-state index in [9.17, 15) is 10.1 Å². The summed E-state index contributed by atoms with van der Waals surface area (Å²) in [6.07, 6.45) is 2.13. The van der Waals surface area contributed by atoms with E-state index < -0.39 is 4.92 Å². The summed E-state index contributed by atoms with van der Waals surface area (Å²) in [6.45, 7) is 2.57. The first-order chi connectivity index (χ1) is 9.20. The molecule has 0 amide bonds. The highest BCUT2D eigenvalue weighted by Gasteiger charge is 2.17. The van der Waals surface area contributed by atoms with Gasteiger partial charge in [0.05, 0.1) is 24.7 Å². The van der Waals surface area contributed by atoms with Crippen LogP contribution in [0.4, 0.5) is 5.69 Å². The largest absolute Gasteiger partial charge is 0.493 e. The first-order valence-corrected chi connectivity index (χ1v) is 6.36. The van der Waals surface area contributed by atoms with E-state index in [1.807, 2.05) is 0 Å². The molecule has 0 bridgehead atoms. The van der Waals surface area contributed by atoms with Crippen LogP contribution >= 0.6 is 0 Å². The Hall–Kier alpha value is -1.82. The van der Waals surface area contributed by atoms with E-state index in [1.165, 1.54) is 19.2 Å². The van der Waals surface area contributed by atoms with Crippen molar-refractivity contribution in [3.8, 4) is 11.5 Å². The zero-order chi connectivity index (χ0) is 13.7. The van der Waals surface area contributed by atoms with Crippen LogP contribution < -0.4 is 14.8 Å². The smallest absolute Gasteiger partial charge is 0.273 e. The molecule has 0 aromatic heterocycles. The fourth-order valence-electron chi connectivity index (χ4n) is 2.15. The number of hydrogen-bond acceptors (Lipinski definition) is 5. The maximum atomic E-state index is 10.8. The van der Waals surface area contributed by atoms with Gasteiger partial charge in [0, 0.05) is 6.07 Å². The average molecular weight is 266 g/mol. The molecule has 1 aromatic carbocycles. The minimum atomic E-state index is -0.434. The van der Waals surface area contributed by atoms with E-state index in [4.69, 9.17) is 9.47 Å². The Morgan fingerprint density at radius 2 is 2.11 bits per heavy atom. The van der Waals surface area contributed by atoms with Crippen LogP contribution in [0.15, 0.2) is 18.2 Å². The van der Waals surface area contributed by atoms with Gasteiger partial charge in [-0.15, -0.1) is 0 Å². The van der Waals surface area contributed by atoms with Crippen molar-refractivity contribution in [3.05, 3.63) is 28.3 Å². The highest BCUT2D eigenvalue weighted by molar-refractivity contribution is 5.48. The van der Waals surface area contributed by atoms with Gasteiger partial charge in [-0.1, -0.05) is 0 Å². The summed E-state index contributed by atoms with van der Waals surface area (Å²) in [5.74, 6) is 1.46. The third-order valence-corrected chi connectivity index (χ3v) is 3.29. The summed E-state index contributed by atoms with van der Waals surface area (Å²) in [6, 6.07) is 4.39. The second-order valence-corrected chi connectivity index (χ2v) is 4.60. The van der Waals surface area contributed by atoms with E-state index in [0.717, 1.165) is 25.9 Å². The predicted molar refractivity (Wildman–Crippen MR) is 70.7 cm³/mol. The van der Waals surface area contributed by atoms with Gasteiger partial charge in [0.2, 0.25) is 0 Å². The topological polar surface area (TPSA) is 73.6 Å².